The highest BCUT2D eigenvalue weighted by molar-refractivity contribution is 7.18. The largest absolute Gasteiger partial charge is 0.326 e. The number of aromatic amines is 1. The molecular formula is C19H24N3OS2+. The maximum Gasteiger partial charge on any atom is 0.260 e. The van der Waals surface area contributed by atoms with Crippen molar-refractivity contribution < 1.29 is 4.90 Å². The summed E-state index contributed by atoms with van der Waals surface area (Å²) in [7, 11) is 0. The smallest absolute Gasteiger partial charge is 0.260 e. The number of quaternary nitrogens is 1. The predicted octanol–water partition coefficient (Wildman–Crippen LogP) is 3.33. The van der Waals surface area contributed by atoms with Crippen LogP contribution in [0.2, 0.25) is 0 Å². The van der Waals surface area contributed by atoms with Gasteiger partial charge in [0.2, 0.25) is 0 Å². The Bertz CT molecular complexity index is 918. The minimum absolute atomic E-state index is 0.00555. The van der Waals surface area contributed by atoms with Crippen molar-refractivity contribution in [2.24, 2.45) is 11.8 Å². The first-order valence-corrected chi connectivity index (χ1v) is 10.7. The lowest BCUT2D eigenvalue weighted by atomic mass is 9.91. The normalized spacial score (nSPS) is 25.3. The topological polar surface area (TPSA) is 50.2 Å². The van der Waals surface area contributed by atoms with Crippen LogP contribution in [0.15, 0.2) is 27.7 Å². The molecule has 1 aliphatic heterocycles. The fraction of sp³-hybridized carbons (Fsp3) is 0.474. The van der Waals surface area contributed by atoms with Gasteiger partial charge in [0.1, 0.15) is 10.9 Å². The van der Waals surface area contributed by atoms with Gasteiger partial charge in [-0.1, -0.05) is 19.9 Å². The zero-order valence-electron chi connectivity index (χ0n) is 14.8. The lowest BCUT2D eigenvalue weighted by Gasteiger charge is -2.35. The van der Waals surface area contributed by atoms with Gasteiger partial charge in [-0.25, -0.2) is 4.98 Å². The number of nitrogens with one attached hydrogen (secondary N) is 2. The highest BCUT2D eigenvalue weighted by Crippen LogP contribution is 2.33. The van der Waals surface area contributed by atoms with Crippen molar-refractivity contribution in [3.05, 3.63) is 39.1 Å². The highest BCUT2D eigenvalue weighted by Gasteiger charge is 2.31. The second-order valence-corrected chi connectivity index (χ2v) is 9.30. The number of rotatable bonds is 3. The van der Waals surface area contributed by atoms with E-state index in [1.807, 2.05) is 11.4 Å². The van der Waals surface area contributed by atoms with Gasteiger partial charge in [-0.05, 0) is 24.8 Å². The molecule has 132 valence electrons. The Kier molecular flexibility index (Phi) is 4.52. The van der Waals surface area contributed by atoms with Crippen LogP contribution in [-0.2, 0) is 0 Å². The SMILES string of the molecule is C[C@H]1C[C@H](C)C[NH+]([C@@H](C)c2nc3scc(-c4cccs4)c3c(=O)[nH]2)C1. The molecule has 3 aromatic rings. The summed E-state index contributed by atoms with van der Waals surface area (Å²) < 4.78 is 0. The molecule has 0 aliphatic carbocycles. The third kappa shape index (κ3) is 3.18. The van der Waals surface area contributed by atoms with Gasteiger partial charge in [-0.2, -0.15) is 0 Å². The second-order valence-electron chi connectivity index (χ2n) is 7.49. The van der Waals surface area contributed by atoms with Crippen molar-refractivity contribution in [3.63, 3.8) is 0 Å². The fourth-order valence-corrected chi connectivity index (χ4v) is 5.93. The van der Waals surface area contributed by atoms with Gasteiger partial charge in [0.25, 0.3) is 5.56 Å². The third-order valence-electron chi connectivity index (χ3n) is 5.30. The van der Waals surface area contributed by atoms with Crippen molar-refractivity contribution >= 4 is 32.9 Å². The quantitative estimate of drug-likeness (QED) is 0.739. The number of hydrogen-bond donors (Lipinski definition) is 2. The van der Waals surface area contributed by atoms with E-state index in [4.69, 9.17) is 4.98 Å². The number of piperidine rings is 1. The van der Waals surface area contributed by atoms with Crippen molar-refractivity contribution in [2.45, 2.75) is 33.2 Å². The summed E-state index contributed by atoms with van der Waals surface area (Å²) in [4.78, 5) is 24.2. The van der Waals surface area contributed by atoms with E-state index < -0.39 is 0 Å². The average molecular weight is 375 g/mol. The number of aromatic nitrogens is 2. The molecule has 0 bridgehead atoms. The van der Waals surface area contributed by atoms with Crippen LogP contribution in [0.25, 0.3) is 20.7 Å². The summed E-state index contributed by atoms with van der Waals surface area (Å²) in [6, 6.07) is 4.29. The zero-order valence-corrected chi connectivity index (χ0v) is 16.5. The Labute approximate surface area is 155 Å². The van der Waals surface area contributed by atoms with E-state index in [2.05, 4.69) is 37.2 Å². The van der Waals surface area contributed by atoms with E-state index in [0.717, 1.165) is 51.4 Å². The molecule has 0 unspecified atom stereocenters. The molecule has 2 N–H and O–H groups in total. The Hall–Kier alpha value is -1.50. The van der Waals surface area contributed by atoms with Crippen molar-refractivity contribution in [1.82, 2.24) is 9.97 Å². The van der Waals surface area contributed by atoms with Crippen LogP contribution < -0.4 is 10.5 Å². The second kappa shape index (κ2) is 6.67. The van der Waals surface area contributed by atoms with Gasteiger partial charge in [0, 0.05) is 27.7 Å². The highest BCUT2D eigenvalue weighted by atomic mass is 32.1. The minimum atomic E-state index is -0.00555. The first-order valence-electron chi connectivity index (χ1n) is 8.92. The number of likely N-dealkylation sites (tertiary alicyclic amines) is 1. The van der Waals surface area contributed by atoms with Crippen molar-refractivity contribution in [2.75, 3.05) is 13.1 Å². The molecule has 0 amide bonds. The number of fused-ring (bicyclic) bond motifs is 1. The van der Waals surface area contributed by atoms with Crippen LogP contribution in [0.1, 0.15) is 39.1 Å². The Morgan fingerprint density at radius 3 is 2.72 bits per heavy atom. The van der Waals surface area contributed by atoms with E-state index >= 15 is 0 Å². The Morgan fingerprint density at radius 1 is 1.28 bits per heavy atom. The van der Waals surface area contributed by atoms with E-state index in [9.17, 15) is 4.79 Å². The van der Waals surface area contributed by atoms with Gasteiger partial charge < -0.3 is 9.88 Å². The van der Waals surface area contributed by atoms with E-state index in [-0.39, 0.29) is 11.6 Å². The molecule has 25 heavy (non-hydrogen) atoms. The summed E-state index contributed by atoms with van der Waals surface area (Å²) >= 11 is 3.23. The molecule has 6 heteroatoms. The van der Waals surface area contributed by atoms with Crippen LogP contribution in [0.5, 0.6) is 0 Å². The predicted molar refractivity (Wildman–Crippen MR) is 106 cm³/mol. The molecule has 0 saturated carbocycles. The standard InChI is InChI=1S/C19H23N3OS2/c1-11-7-12(2)9-22(8-11)13(3)17-20-18(23)16-14(10-25-19(16)21-17)15-5-4-6-24-15/h4-6,10-13H,7-9H2,1-3H3,(H,20,21,23)/p+1/t11-,12-,13-/m0/s1. The first kappa shape index (κ1) is 16.9. The summed E-state index contributed by atoms with van der Waals surface area (Å²) in [6.07, 6.45) is 1.30. The van der Waals surface area contributed by atoms with Crippen LogP contribution in [0.4, 0.5) is 0 Å². The Balaban J connectivity index is 1.71. The van der Waals surface area contributed by atoms with Gasteiger partial charge in [0.15, 0.2) is 5.82 Å². The minimum Gasteiger partial charge on any atom is -0.326 e. The number of nitrogens with zero attached hydrogens (tertiary/aromatic N) is 1. The number of H-pyrrole nitrogens is 1. The molecule has 4 nitrogen and oxygen atoms in total. The molecule has 1 aliphatic rings. The van der Waals surface area contributed by atoms with Crippen molar-refractivity contribution in [3.8, 4) is 10.4 Å². The van der Waals surface area contributed by atoms with Crippen LogP contribution in [0, 0.1) is 11.8 Å². The summed E-state index contributed by atoms with van der Waals surface area (Å²) in [6.45, 7) is 9.15. The molecule has 4 rings (SSSR count). The van der Waals surface area contributed by atoms with Crippen molar-refractivity contribution in [1.29, 1.82) is 0 Å². The van der Waals surface area contributed by atoms with Crippen LogP contribution >= 0.6 is 22.7 Å². The molecule has 3 atom stereocenters. The molecule has 1 fully saturated rings. The molecule has 0 spiro atoms. The monoisotopic (exact) mass is 374 g/mol. The lowest BCUT2D eigenvalue weighted by molar-refractivity contribution is -0.941. The van der Waals surface area contributed by atoms with Gasteiger partial charge in [-0.3, -0.25) is 4.79 Å². The van der Waals surface area contributed by atoms with Gasteiger partial charge in [0.05, 0.1) is 18.5 Å². The first-order chi connectivity index (χ1) is 12.0. The van der Waals surface area contributed by atoms with E-state index in [0.29, 0.717) is 0 Å². The molecule has 4 heterocycles. The third-order valence-corrected chi connectivity index (χ3v) is 7.07. The van der Waals surface area contributed by atoms with Gasteiger partial charge in [-0.15, -0.1) is 22.7 Å². The average Bonchev–Trinajstić information content (AvgIpc) is 3.22. The maximum atomic E-state index is 12.8. The lowest BCUT2D eigenvalue weighted by Crippen LogP contribution is -3.14. The van der Waals surface area contributed by atoms with Crippen LogP contribution in [-0.4, -0.2) is 23.1 Å². The van der Waals surface area contributed by atoms with E-state index in [1.54, 1.807) is 22.7 Å². The molecule has 1 saturated heterocycles. The molecular weight excluding hydrogens is 350 g/mol. The maximum absolute atomic E-state index is 12.8. The summed E-state index contributed by atoms with van der Waals surface area (Å²) in [5.74, 6) is 2.28. The van der Waals surface area contributed by atoms with Gasteiger partial charge >= 0.3 is 0 Å². The molecule has 0 radical (unpaired) electrons. The van der Waals surface area contributed by atoms with E-state index in [1.165, 1.54) is 11.3 Å². The Morgan fingerprint density at radius 2 is 2.04 bits per heavy atom. The summed E-state index contributed by atoms with van der Waals surface area (Å²) in [5, 5.41) is 4.84. The number of hydrogen-bond acceptors (Lipinski definition) is 4. The molecule has 3 aromatic heterocycles. The fourth-order valence-electron chi connectivity index (χ4n) is 4.16. The summed E-state index contributed by atoms with van der Waals surface area (Å²) in [5.41, 5.74) is 1.00. The van der Waals surface area contributed by atoms with Crippen LogP contribution in [0.3, 0.4) is 0 Å². The zero-order chi connectivity index (χ0) is 17.6. The molecule has 0 aromatic carbocycles. The number of thiophene rings is 2.